The third-order valence-electron chi connectivity index (χ3n) is 15.2. The van der Waals surface area contributed by atoms with Gasteiger partial charge in [-0.1, -0.05) is 97.1 Å². The maximum Gasteiger partial charge on any atom is 0.344 e. The highest BCUT2D eigenvalue weighted by molar-refractivity contribution is 6.51. The van der Waals surface area contributed by atoms with E-state index in [-0.39, 0.29) is 22.5 Å². The van der Waals surface area contributed by atoms with Crippen molar-refractivity contribution in [2.24, 2.45) is 0 Å². The number of fused-ring (bicyclic) bond motifs is 12. The Labute approximate surface area is 376 Å². The molecule has 0 aliphatic heterocycles. The lowest BCUT2D eigenvalue weighted by Crippen LogP contribution is -2.07. The molecule has 0 amide bonds. The Morgan fingerprint density at radius 1 is 0.176 bits per heavy atom. The number of hydrogen-bond acceptors (Lipinski definition) is 8. The summed E-state index contributed by atoms with van der Waals surface area (Å²) in [5, 5.41) is 24.8. The molecular formula is C60H24O8. The zero-order valence-electron chi connectivity index (χ0n) is 35.1. The summed E-state index contributed by atoms with van der Waals surface area (Å²) in [4.78, 5) is 53.5. The molecule has 0 saturated heterocycles. The third-order valence-corrected chi connectivity index (χ3v) is 15.2. The number of hydrogen-bond donors (Lipinski definition) is 0. The first-order valence-corrected chi connectivity index (χ1v) is 22.4. The lowest BCUT2D eigenvalue weighted by atomic mass is 9.82. The first kappa shape index (κ1) is 34.9. The van der Waals surface area contributed by atoms with E-state index in [1.165, 1.54) is 0 Å². The predicted molar refractivity (Wildman–Crippen MR) is 274 cm³/mol. The Bertz CT molecular complexity index is 4850. The van der Waals surface area contributed by atoms with Gasteiger partial charge in [-0.3, -0.25) is 0 Å². The van der Waals surface area contributed by atoms with Gasteiger partial charge in [0.05, 0.1) is 21.5 Å². The van der Waals surface area contributed by atoms with Crippen LogP contribution in [0.25, 0.3) is 173 Å². The van der Waals surface area contributed by atoms with Crippen molar-refractivity contribution in [1.29, 1.82) is 0 Å². The first-order valence-electron chi connectivity index (χ1n) is 22.4. The maximum absolute atomic E-state index is 13.4. The van der Waals surface area contributed by atoms with Gasteiger partial charge < -0.3 is 17.7 Å². The monoisotopic (exact) mass is 872 g/mol. The smallest absolute Gasteiger partial charge is 0.344 e. The second kappa shape index (κ2) is 11.5. The Balaban J connectivity index is 0.000000115. The normalized spacial score (nSPS) is 12.9. The van der Waals surface area contributed by atoms with Gasteiger partial charge in [0.25, 0.3) is 0 Å². The van der Waals surface area contributed by atoms with Crippen molar-refractivity contribution < 1.29 is 17.7 Å². The minimum Gasteiger partial charge on any atom is -0.422 e. The van der Waals surface area contributed by atoms with Crippen LogP contribution in [-0.4, -0.2) is 0 Å². The fourth-order valence-corrected chi connectivity index (χ4v) is 12.8. The van der Waals surface area contributed by atoms with Crippen LogP contribution in [0.2, 0.25) is 0 Å². The highest BCUT2D eigenvalue weighted by atomic mass is 16.4. The van der Waals surface area contributed by atoms with Crippen molar-refractivity contribution in [2.75, 3.05) is 0 Å². The van der Waals surface area contributed by atoms with E-state index in [1.807, 2.05) is 146 Å². The van der Waals surface area contributed by atoms with E-state index in [1.54, 1.807) is 0 Å². The number of benzene rings is 14. The second-order valence-corrected chi connectivity index (χ2v) is 18.2. The summed E-state index contributed by atoms with van der Waals surface area (Å²) in [5.74, 6) is 0. The fraction of sp³-hybridized carbons (Fsp3) is 0. The summed E-state index contributed by atoms with van der Waals surface area (Å²) in [5.41, 5.74) is 0.737. The van der Waals surface area contributed by atoms with Crippen molar-refractivity contribution in [3.63, 3.8) is 0 Å². The molecule has 0 spiro atoms. The number of rotatable bonds is 0. The molecule has 18 rings (SSSR count). The summed E-state index contributed by atoms with van der Waals surface area (Å²) in [6.07, 6.45) is 0. The average Bonchev–Trinajstić information content (AvgIpc) is 3.37. The van der Waals surface area contributed by atoms with Gasteiger partial charge in [0.1, 0.15) is 22.3 Å². The summed E-state index contributed by atoms with van der Waals surface area (Å²) < 4.78 is 23.7. The molecule has 68 heavy (non-hydrogen) atoms. The van der Waals surface area contributed by atoms with Gasteiger partial charge in [-0.15, -0.1) is 0 Å². The molecule has 0 atom stereocenters. The molecule has 0 saturated carbocycles. The van der Waals surface area contributed by atoms with Crippen LogP contribution in [0.15, 0.2) is 182 Å². The summed E-state index contributed by atoms with van der Waals surface area (Å²) in [6, 6.07) is 47.3. The minimum atomic E-state index is -0.352. The Morgan fingerprint density at radius 2 is 0.368 bits per heavy atom. The molecule has 14 aromatic carbocycles. The van der Waals surface area contributed by atoms with E-state index < -0.39 is 0 Å². The lowest BCUT2D eigenvalue weighted by Gasteiger charge is -2.21. The van der Waals surface area contributed by atoms with E-state index in [2.05, 4.69) is 0 Å². The molecule has 0 radical (unpaired) electrons. The van der Waals surface area contributed by atoms with Crippen molar-refractivity contribution >= 4 is 173 Å². The standard InChI is InChI=1S/2C30H12O4/c2*31-29-23-15-7-3-1-5-13(15)17-9-11-19-25-21(17)27(23)26-20(33-29)12-10-18-14-6-2-4-8-16(14)24(30(32)34-19)28(25)22(18)26/h2*1-12H. The van der Waals surface area contributed by atoms with Crippen LogP contribution in [0, 0.1) is 0 Å². The minimum absolute atomic E-state index is 0.352. The van der Waals surface area contributed by atoms with E-state index in [9.17, 15) is 19.2 Å². The van der Waals surface area contributed by atoms with Crippen LogP contribution >= 0.6 is 0 Å². The van der Waals surface area contributed by atoms with E-state index in [0.717, 1.165) is 129 Å². The van der Waals surface area contributed by atoms with Gasteiger partial charge in [0.15, 0.2) is 0 Å². The molecule has 0 unspecified atom stereocenters. The first-order chi connectivity index (χ1) is 33.4. The van der Waals surface area contributed by atoms with E-state index in [4.69, 9.17) is 17.7 Å². The van der Waals surface area contributed by atoms with Crippen LogP contribution in [-0.2, 0) is 0 Å². The zero-order valence-corrected chi connectivity index (χ0v) is 35.1. The largest absolute Gasteiger partial charge is 0.422 e. The molecule has 0 aliphatic rings. The van der Waals surface area contributed by atoms with E-state index >= 15 is 0 Å². The molecule has 8 heteroatoms. The summed E-state index contributed by atoms with van der Waals surface area (Å²) in [7, 11) is 0. The highest BCUT2D eigenvalue weighted by Gasteiger charge is 2.30. The molecule has 0 fully saturated rings. The van der Waals surface area contributed by atoms with Crippen molar-refractivity contribution in [1.82, 2.24) is 0 Å². The Morgan fingerprint density at radius 3 is 0.588 bits per heavy atom. The van der Waals surface area contributed by atoms with Crippen molar-refractivity contribution in [2.45, 2.75) is 0 Å². The summed E-state index contributed by atoms with van der Waals surface area (Å²) >= 11 is 0. The molecule has 8 nitrogen and oxygen atoms in total. The highest BCUT2D eigenvalue weighted by Crippen LogP contribution is 2.53. The van der Waals surface area contributed by atoms with Crippen LogP contribution in [0.4, 0.5) is 0 Å². The van der Waals surface area contributed by atoms with Gasteiger partial charge in [0.2, 0.25) is 0 Å². The van der Waals surface area contributed by atoms with Crippen molar-refractivity contribution in [3.8, 4) is 0 Å². The molecule has 0 aliphatic carbocycles. The lowest BCUT2D eigenvalue weighted by molar-refractivity contribution is 0.569. The van der Waals surface area contributed by atoms with Gasteiger partial charge >= 0.3 is 22.5 Å². The van der Waals surface area contributed by atoms with Crippen molar-refractivity contribution in [3.05, 3.63) is 187 Å². The summed E-state index contributed by atoms with van der Waals surface area (Å²) in [6.45, 7) is 0. The zero-order chi connectivity index (χ0) is 44.6. The van der Waals surface area contributed by atoms with Crippen LogP contribution < -0.4 is 22.5 Å². The van der Waals surface area contributed by atoms with Crippen LogP contribution in [0.3, 0.4) is 0 Å². The molecule has 312 valence electrons. The van der Waals surface area contributed by atoms with Gasteiger partial charge in [0, 0.05) is 64.6 Å². The Kier molecular flexibility index (Phi) is 5.91. The molecule has 18 aromatic rings. The molecule has 4 aromatic heterocycles. The molecule has 4 heterocycles. The molecular weight excluding hydrogens is 849 g/mol. The SMILES string of the molecule is O=c1oc2ccc3c4ccccc4c4c(=O)oc5ccc6c7ccccc7c1c1c2c3c4c5c61.O=c1oc2ccc3c4ccccc4c4c(=O)oc5ccc6c7ccccc7c1c1c2c3c4c5c61. The Hall–Kier alpha value is -9.40. The van der Waals surface area contributed by atoms with Crippen LogP contribution in [0.5, 0.6) is 0 Å². The second-order valence-electron chi connectivity index (χ2n) is 18.2. The third kappa shape index (κ3) is 3.80. The van der Waals surface area contributed by atoms with Gasteiger partial charge in [-0.2, -0.15) is 0 Å². The fourth-order valence-electron chi connectivity index (χ4n) is 12.8. The maximum atomic E-state index is 13.4. The van der Waals surface area contributed by atoms with Gasteiger partial charge in [-0.05, 0) is 113 Å². The van der Waals surface area contributed by atoms with E-state index in [0.29, 0.717) is 43.9 Å². The van der Waals surface area contributed by atoms with Crippen LogP contribution in [0.1, 0.15) is 0 Å². The predicted octanol–water partition coefficient (Wildman–Crippen LogP) is 14.3. The quantitative estimate of drug-likeness (QED) is 0.0839. The van der Waals surface area contributed by atoms with Gasteiger partial charge in [-0.25, -0.2) is 19.2 Å². The molecule has 0 bridgehead atoms. The average molecular weight is 873 g/mol. The topological polar surface area (TPSA) is 121 Å². The molecule has 0 N–H and O–H groups in total.